The van der Waals surface area contributed by atoms with Gasteiger partial charge in [-0.1, -0.05) is 27.5 Å². The Balaban J connectivity index is 2.29. The molecule has 0 radical (unpaired) electrons. The second-order valence-electron chi connectivity index (χ2n) is 3.68. The lowest BCUT2D eigenvalue weighted by atomic mass is 10.2. The maximum absolute atomic E-state index is 11.7. The van der Waals surface area contributed by atoms with Crippen LogP contribution in [-0.2, 0) is 0 Å². The number of aromatic amines is 1. The van der Waals surface area contributed by atoms with Crippen LogP contribution in [0.2, 0.25) is 5.02 Å². The number of aromatic nitrogens is 2. The summed E-state index contributed by atoms with van der Waals surface area (Å²) in [6.07, 6.45) is 1.41. The van der Waals surface area contributed by atoms with E-state index in [9.17, 15) is 4.79 Å². The van der Waals surface area contributed by atoms with E-state index in [1.165, 1.54) is 17.7 Å². The molecule has 0 unspecified atom stereocenters. The SMILES string of the molecule is O=c1[nH]cnc2cc(-c3cc(Cl)ccc3Br)sc12. The summed E-state index contributed by atoms with van der Waals surface area (Å²) >= 11 is 10.9. The summed E-state index contributed by atoms with van der Waals surface area (Å²) in [6, 6.07) is 7.46. The Morgan fingerprint density at radius 2 is 2.17 bits per heavy atom. The molecule has 18 heavy (non-hydrogen) atoms. The summed E-state index contributed by atoms with van der Waals surface area (Å²) in [6.45, 7) is 0. The van der Waals surface area contributed by atoms with E-state index in [4.69, 9.17) is 11.6 Å². The van der Waals surface area contributed by atoms with Crippen molar-refractivity contribution >= 4 is 49.1 Å². The summed E-state index contributed by atoms with van der Waals surface area (Å²) < 4.78 is 1.56. The van der Waals surface area contributed by atoms with Gasteiger partial charge in [-0.15, -0.1) is 11.3 Å². The van der Waals surface area contributed by atoms with Crippen molar-refractivity contribution < 1.29 is 0 Å². The van der Waals surface area contributed by atoms with E-state index in [2.05, 4.69) is 25.9 Å². The van der Waals surface area contributed by atoms with Gasteiger partial charge in [0.25, 0.3) is 5.56 Å². The molecule has 0 aliphatic heterocycles. The predicted molar refractivity (Wildman–Crippen MR) is 78.4 cm³/mol. The van der Waals surface area contributed by atoms with Crippen molar-refractivity contribution in [1.29, 1.82) is 0 Å². The van der Waals surface area contributed by atoms with E-state index in [1.54, 1.807) is 0 Å². The van der Waals surface area contributed by atoms with Gasteiger partial charge in [-0.05, 0) is 24.3 Å². The molecule has 1 aromatic carbocycles. The average Bonchev–Trinajstić information content (AvgIpc) is 2.77. The Kier molecular flexibility index (Phi) is 2.97. The normalized spacial score (nSPS) is 11.0. The molecule has 2 heterocycles. The molecule has 3 aromatic rings. The molecule has 3 nitrogen and oxygen atoms in total. The fourth-order valence-corrected chi connectivity index (χ4v) is 3.49. The van der Waals surface area contributed by atoms with Crippen molar-refractivity contribution in [2.24, 2.45) is 0 Å². The van der Waals surface area contributed by atoms with Crippen molar-refractivity contribution in [2.45, 2.75) is 0 Å². The summed E-state index contributed by atoms with van der Waals surface area (Å²) in [5.74, 6) is 0. The topological polar surface area (TPSA) is 45.8 Å². The van der Waals surface area contributed by atoms with E-state index in [0.717, 1.165) is 14.9 Å². The van der Waals surface area contributed by atoms with Gasteiger partial charge in [0.2, 0.25) is 0 Å². The van der Waals surface area contributed by atoms with Gasteiger partial charge in [-0.25, -0.2) is 4.98 Å². The lowest BCUT2D eigenvalue weighted by Crippen LogP contribution is -2.02. The van der Waals surface area contributed by atoms with Crippen LogP contribution < -0.4 is 5.56 Å². The second-order valence-corrected chi connectivity index (χ2v) is 6.02. The van der Waals surface area contributed by atoms with Crippen molar-refractivity contribution in [1.82, 2.24) is 9.97 Å². The molecule has 6 heteroatoms. The Morgan fingerprint density at radius 3 is 2.94 bits per heavy atom. The Labute approximate surface area is 120 Å². The van der Waals surface area contributed by atoms with Crippen molar-refractivity contribution in [3.63, 3.8) is 0 Å². The molecule has 0 aliphatic rings. The van der Waals surface area contributed by atoms with Crippen LogP contribution in [-0.4, -0.2) is 9.97 Å². The summed E-state index contributed by atoms with van der Waals surface area (Å²) in [7, 11) is 0. The van der Waals surface area contributed by atoms with Crippen LogP contribution >= 0.6 is 38.9 Å². The molecule has 0 fully saturated rings. The number of hydrogen-bond donors (Lipinski definition) is 1. The second kappa shape index (κ2) is 4.50. The minimum absolute atomic E-state index is 0.116. The van der Waals surface area contributed by atoms with Crippen LogP contribution in [0, 0.1) is 0 Å². The van der Waals surface area contributed by atoms with Gasteiger partial charge >= 0.3 is 0 Å². The lowest BCUT2D eigenvalue weighted by molar-refractivity contribution is 1.18. The van der Waals surface area contributed by atoms with E-state index in [0.29, 0.717) is 15.2 Å². The highest BCUT2D eigenvalue weighted by Gasteiger charge is 2.10. The fraction of sp³-hybridized carbons (Fsp3) is 0. The first kappa shape index (κ1) is 11.9. The van der Waals surface area contributed by atoms with Gasteiger partial charge in [-0.3, -0.25) is 4.79 Å². The Bertz CT molecular complexity index is 796. The number of halogens is 2. The minimum atomic E-state index is -0.116. The zero-order chi connectivity index (χ0) is 12.7. The summed E-state index contributed by atoms with van der Waals surface area (Å²) in [4.78, 5) is 19.3. The number of thiophene rings is 1. The molecular weight excluding hydrogens is 336 g/mol. The third-order valence-corrected chi connectivity index (χ3v) is 4.59. The Morgan fingerprint density at radius 1 is 1.33 bits per heavy atom. The highest BCUT2D eigenvalue weighted by Crippen LogP contribution is 2.36. The van der Waals surface area contributed by atoms with E-state index in [-0.39, 0.29) is 5.56 Å². The van der Waals surface area contributed by atoms with Crippen molar-refractivity contribution in [2.75, 3.05) is 0 Å². The monoisotopic (exact) mass is 340 g/mol. The first-order valence-corrected chi connectivity index (χ1v) is 7.06. The van der Waals surface area contributed by atoms with Crippen molar-refractivity contribution in [3.05, 3.63) is 50.4 Å². The average molecular weight is 342 g/mol. The van der Waals surface area contributed by atoms with Crippen LogP contribution in [0.5, 0.6) is 0 Å². The molecule has 2 aromatic heterocycles. The number of nitrogens with one attached hydrogen (secondary N) is 1. The van der Waals surface area contributed by atoms with Gasteiger partial charge < -0.3 is 4.98 Å². The van der Waals surface area contributed by atoms with Crippen LogP contribution in [0.4, 0.5) is 0 Å². The molecule has 0 aliphatic carbocycles. The van der Waals surface area contributed by atoms with Gasteiger partial charge in [0.05, 0.1) is 11.8 Å². The first-order valence-electron chi connectivity index (χ1n) is 5.08. The van der Waals surface area contributed by atoms with Gasteiger partial charge in [0.1, 0.15) is 4.70 Å². The number of fused-ring (bicyclic) bond motifs is 1. The number of benzene rings is 1. The van der Waals surface area contributed by atoms with Crippen LogP contribution in [0.1, 0.15) is 0 Å². The predicted octanol–water partition coefficient (Wildman–Crippen LogP) is 4.07. The minimum Gasteiger partial charge on any atom is -0.312 e. The third-order valence-electron chi connectivity index (χ3n) is 2.51. The smallest absolute Gasteiger partial charge is 0.268 e. The molecule has 0 atom stereocenters. The van der Waals surface area contributed by atoms with E-state index < -0.39 is 0 Å². The quantitative estimate of drug-likeness (QED) is 0.725. The zero-order valence-corrected chi connectivity index (χ0v) is 12.1. The van der Waals surface area contributed by atoms with Gasteiger partial charge in [0, 0.05) is 19.9 Å². The molecule has 1 N–H and O–H groups in total. The molecule has 0 saturated heterocycles. The Hall–Kier alpha value is -1.17. The number of rotatable bonds is 1. The largest absolute Gasteiger partial charge is 0.312 e. The lowest BCUT2D eigenvalue weighted by Gasteiger charge is -2.01. The first-order chi connectivity index (χ1) is 8.65. The number of nitrogens with zero attached hydrogens (tertiary/aromatic N) is 1. The number of hydrogen-bond acceptors (Lipinski definition) is 3. The van der Waals surface area contributed by atoms with E-state index >= 15 is 0 Å². The van der Waals surface area contributed by atoms with Gasteiger partial charge in [-0.2, -0.15) is 0 Å². The van der Waals surface area contributed by atoms with Crippen molar-refractivity contribution in [3.8, 4) is 10.4 Å². The summed E-state index contributed by atoms with van der Waals surface area (Å²) in [5.41, 5.74) is 1.55. The number of H-pyrrole nitrogens is 1. The van der Waals surface area contributed by atoms with Crippen LogP contribution in [0.15, 0.2) is 39.9 Å². The molecule has 90 valence electrons. The summed E-state index contributed by atoms with van der Waals surface area (Å²) in [5, 5.41) is 0.660. The fourth-order valence-electron chi connectivity index (χ4n) is 1.69. The zero-order valence-electron chi connectivity index (χ0n) is 8.91. The molecule has 0 amide bonds. The van der Waals surface area contributed by atoms with Gasteiger partial charge in [0.15, 0.2) is 0 Å². The van der Waals surface area contributed by atoms with Crippen LogP contribution in [0.25, 0.3) is 20.7 Å². The maximum Gasteiger partial charge on any atom is 0.268 e. The molecule has 0 spiro atoms. The molecule has 0 bridgehead atoms. The third kappa shape index (κ3) is 1.98. The highest BCUT2D eigenvalue weighted by atomic mass is 79.9. The maximum atomic E-state index is 11.7. The molecular formula is C12H6BrClN2OS. The highest BCUT2D eigenvalue weighted by molar-refractivity contribution is 9.10. The van der Waals surface area contributed by atoms with E-state index in [1.807, 2.05) is 24.3 Å². The standard InChI is InChI=1S/C12H6BrClN2OS/c13-8-2-1-6(14)3-7(8)10-4-9-11(18-10)12(17)16-5-15-9/h1-5H,(H,15,16,17). The molecule has 0 saturated carbocycles. The molecule has 3 rings (SSSR count). The van der Waals surface area contributed by atoms with Crippen LogP contribution in [0.3, 0.4) is 0 Å².